The summed E-state index contributed by atoms with van der Waals surface area (Å²) in [7, 11) is 0. The van der Waals surface area contributed by atoms with E-state index in [9.17, 15) is 110 Å². The summed E-state index contributed by atoms with van der Waals surface area (Å²) >= 11 is 0. The molecule has 0 saturated carbocycles. The highest BCUT2D eigenvalue weighted by Gasteiger charge is 2.99. The van der Waals surface area contributed by atoms with Crippen molar-refractivity contribution in [1.29, 1.82) is 0 Å². The van der Waals surface area contributed by atoms with Gasteiger partial charge in [-0.2, -0.15) is 110 Å². The Morgan fingerprint density at radius 2 is 0.393 bits per heavy atom. The number of rotatable bonds is 28. The fourth-order valence-corrected chi connectivity index (χ4v) is 5.21. The molecule has 0 saturated heterocycles. The number of hydrogen-bond acceptors (Lipinski definition) is 0. The Balaban J connectivity index is 5.74. The zero-order valence-electron chi connectivity index (χ0n) is 29.2. The summed E-state index contributed by atoms with van der Waals surface area (Å²) < 4.78 is 340. The minimum Gasteiger partial charge on any atom is -0.200 e. The van der Waals surface area contributed by atoms with Crippen molar-refractivity contribution in [3.05, 3.63) is 0 Å². The molecule has 0 aliphatic rings. The number of halogens is 25. The van der Waals surface area contributed by atoms with E-state index >= 15 is 0 Å². The normalized spacial score (nSPS) is 15.5. The van der Waals surface area contributed by atoms with E-state index in [1.54, 1.807) is 0 Å². The van der Waals surface area contributed by atoms with Gasteiger partial charge in [-0.3, -0.25) is 0 Å². The Labute approximate surface area is 304 Å². The lowest BCUT2D eigenvalue weighted by atomic mass is 9.84. The maximum absolute atomic E-state index is 14.1. The fraction of sp³-hybridized carbons (Fsp3) is 1.00. The van der Waals surface area contributed by atoms with Crippen LogP contribution in [-0.2, 0) is 0 Å². The molecular weight excluding hydrogens is 847 g/mol. The molecule has 56 heavy (non-hydrogen) atoms. The third kappa shape index (κ3) is 9.98. The molecule has 0 radical (unpaired) electrons. The van der Waals surface area contributed by atoms with E-state index in [4.69, 9.17) is 0 Å². The van der Waals surface area contributed by atoms with Gasteiger partial charge in [-0.1, -0.05) is 110 Å². The summed E-state index contributed by atoms with van der Waals surface area (Å²) in [6.07, 6.45) is -0.167. The third-order valence-electron chi connectivity index (χ3n) is 8.96. The maximum Gasteiger partial charge on any atom is 0.460 e. The Morgan fingerprint density at radius 3 is 0.607 bits per heavy atom. The van der Waals surface area contributed by atoms with E-state index in [0.717, 1.165) is 57.8 Å². The minimum absolute atomic E-state index is 0.0988. The molecule has 0 aliphatic carbocycles. The van der Waals surface area contributed by atoms with Gasteiger partial charge in [0.2, 0.25) is 0 Å². The van der Waals surface area contributed by atoms with Gasteiger partial charge in [0.05, 0.1) is 0 Å². The fourth-order valence-electron chi connectivity index (χ4n) is 5.21. The van der Waals surface area contributed by atoms with Crippen molar-refractivity contribution in [2.75, 3.05) is 0 Å². The summed E-state index contributed by atoms with van der Waals surface area (Å²) in [4.78, 5) is 0. The first kappa shape index (κ1) is 54.2. The number of unbranched alkanes of at least 4 members (excludes halogenated alkanes) is 16. The van der Waals surface area contributed by atoms with Crippen LogP contribution in [0.3, 0.4) is 0 Å². The summed E-state index contributed by atoms with van der Waals surface area (Å²) in [5, 5.41) is 0. The van der Waals surface area contributed by atoms with Crippen LogP contribution < -0.4 is 0 Å². The first-order valence-electron chi connectivity index (χ1n) is 17.0. The van der Waals surface area contributed by atoms with Gasteiger partial charge in [-0.05, 0) is 6.42 Å². The maximum atomic E-state index is 14.1. The highest BCUT2D eigenvalue weighted by molar-refractivity contribution is 5.19. The molecule has 0 aromatic heterocycles. The second-order valence-electron chi connectivity index (χ2n) is 13.4. The SMILES string of the molecule is CCCCCCCCCCCCCCCCCCCC(F)(F)C(F)(F)C(F)(F)C(F)(F)C(F)(F)C(F)(F)C(F)(F)C(F)(F)C(F)(F)C(F)(F)C(F)(F)C(F)(F)F. The standard InChI is InChI=1S/C31H39F25/c1-2-3-4-5-6-7-8-9-10-11-12-13-14-15-16-17-18-19-20(32,33)21(34,35)22(36,37)23(38,39)24(40,41)25(42,43)26(44,45)27(46,47)28(48,49)29(50,51)30(52,53)31(54,55)56/h2-19H2,1H3. The predicted octanol–water partition coefficient (Wildman–Crippen LogP) is 15.6. The lowest BCUT2D eigenvalue weighted by Gasteiger charge is -2.45. The van der Waals surface area contributed by atoms with Gasteiger partial charge < -0.3 is 0 Å². The predicted molar refractivity (Wildman–Crippen MR) is 149 cm³/mol. The average molecular weight is 887 g/mol. The van der Waals surface area contributed by atoms with E-state index in [1.165, 1.54) is 12.8 Å². The summed E-state index contributed by atoms with van der Waals surface area (Å²) in [5.41, 5.74) is 0. The molecule has 0 unspecified atom stereocenters. The van der Waals surface area contributed by atoms with Crippen LogP contribution in [0.2, 0.25) is 0 Å². The van der Waals surface area contributed by atoms with E-state index < -0.39 is 90.6 Å². The Kier molecular flexibility index (Phi) is 18.1. The highest BCUT2D eigenvalue weighted by Crippen LogP contribution is 2.68. The van der Waals surface area contributed by atoms with E-state index in [0.29, 0.717) is 12.8 Å². The van der Waals surface area contributed by atoms with Crippen LogP contribution in [-0.4, -0.2) is 71.3 Å². The van der Waals surface area contributed by atoms with Crippen LogP contribution in [0, 0.1) is 0 Å². The van der Waals surface area contributed by atoms with Crippen molar-refractivity contribution in [3.8, 4) is 0 Å². The molecule has 0 atom stereocenters. The smallest absolute Gasteiger partial charge is 0.200 e. The van der Waals surface area contributed by atoms with Gasteiger partial charge in [0.25, 0.3) is 0 Å². The van der Waals surface area contributed by atoms with Crippen molar-refractivity contribution in [2.45, 2.75) is 194 Å². The first-order valence-corrected chi connectivity index (χ1v) is 17.0. The molecule has 0 bridgehead atoms. The van der Waals surface area contributed by atoms with Gasteiger partial charge >= 0.3 is 71.3 Å². The average Bonchev–Trinajstić information content (AvgIpc) is 3.04. The van der Waals surface area contributed by atoms with Crippen LogP contribution in [0.4, 0.5) is 110 Å². The van der Waals surface area contributed by atoms with Gasteiger partial charge in [0, 0.05) is 6.42 Å². The molecule has 338 valence electrons. The molecule has 0 aromatic rings. The van der Waals surface area contributed by atoms with E-state index in [1.807, 2.05) is 0 Å². The molecule has 0 aliphatic heterocycles. The lowest BCUT2D eigenvalue weighted by Crippen LogP contribution is -2.78. The second kappa shape index (κ2) is 18.7. The quantitative estimate of drug-likeness (QED) is 0.0542. The Hall–Kier alpha value is -1.75. The highest BCUT2D eigenvalue weighted by atomic mass is 19.4. The molecule has 25 heteroatoms. The minimum atomic E-state index is -9.57. The zero-order valence-corrected chi connectivity index (χ0v) is 29.2. The van der Waals surface area contributed by atoms with Crippen LogP contribution in [0.1, 0.15) is 122 Å². The molecule has 0 fully saturated rings. The third-order valence-corrected chi connectivity index (χ3v) is 8.96. The first-order chi connectivity index (χ1) is 24.8. The molecule has 0 N–H and O–H groups in total. The molecular formula is C31H39F25. The van der Waals surface area contributed by atoms with Gasteiger partial charge in [-0.15, -0.1) is 0 Å². The Morgan fingerprint density at radius 1 is 0.214 bits per heavy atom. The lowest BCUT2D eigenvalue weighted by molar-refractivity contribution is -0.482. The van der Waals surface area contributed by atoms with E-state index in [2.05, 4.69) is 6.92 Å². The molecule has 0 rings (SSSR count). The molecule has 0 amide bonds. The zero-order chi connectivity index (χ0) is 44.7. The van der Waals surface area contributed by atoms with Crippen LogP contribution in [0.25, 0.3) is 0 Å². The summed E-state index contributed by atoms with van der Waals surface area (Å²) in [6.45, 7) is 2.09. The van der Waals surface area contributed by atoms with Crippen molar-refractivity contribution < 1.29 is 110 Å². The Bertz CT molecular complexity index is 1170. The monoisotopic (exact) mass is 886 g/mol. The van der Waals surface area contributed by atoms with Crippen LogP contribution in [0.15, 0.2) is 0 Å². The number of hydrogen-bond donors (Lipinski definition) is 0. The van der Waals surface area contributed by atoms with Crippen molar-refractivity contribution in [1.82, 2.24) is 0 Å². The largest absolute Gasteiger partial charge is 0.460 e. The molecule has 0 heterocycles. The van der Waals surface area contributed by atoms with Crippen molar-refractivity contribution >= 4 is 0 Å². The van der Waals surface area contributed by atoms with Crippen LogP contribution >= 0.6 is 0 Å². The number of alkyl halides is 25. The van der Waals surface area contributed by atoms with Gasteiger partial charge in [0.1, 0.15) is 0 Å². The topological polar surface area (TPSA) is 0 Å². The van der Waals surface area contributed by atoms with Gasteiger partial charge in [-0.25, -0.2) is 0 Å². The summed E-state index contributed by atoms with van der Waals surface area (Å²) in [5.74, 6) is -97.6. The molecule has 0 aromatic carbocycles. The summed E-state index contributed by atoms with van der Waals surface area (Å²) in [6, 6.07) is 0. The van der Waals surface area contributed by atoms with Crippen LogP contribution in [0.5, 0.6) is 0 Å². The van der Waals surface area contributed by atoms with Gasteiger partial charge in [0.15, 0.2) is 0 Å². The molecule has 0 spiro atoms. The van der Waals surface area contributed by atoms with E-state index in [-0.39, 0.29) is 12.8 Å². The second-order valence-corrected chi connectivity index (χ2v) is 13.4. The van der Waals surface area contributed by atoms with Crippen molar-refractivity contribution in [2.24, 2.45) is 0 Å². The molecule has 0 nitrogen and oxygen atoms in total. The van der Waals surface area contributed by atoms with Crippen molar-refractivity contribution in [3.63, 3.8) is 0 Å².